The average molecular weight is 87.1 g/mol. The Hall–Kier alpha value is -0.0800. The lowest BCUT2D eigenvalue weighted by molar-refractivity contribution is -0.199. The normalized spacial score (nSPS) is 29.0. The Kier molecular flexibility index (Phi) is 0.648. The van der Waals surface area contributed by atoms with Gasteiger partial charge in [-0.2, -0.15) is 0 Å². The van der Waals surface area contributed by atoms with Crippen molar-refractivity contribution in [3.05, 3.63) is 0 Å². The molecule has 0 aromatic rings. The molecule has 0 bridgehead atoms. The third-order valence-electron chi connectivity index (χ3n) is 0.815. The molecule has 1 rings (SSSR count). The summed E-state index contributed by atoms with van der Waals surface area (Å²) in [6, 6.07) is 0. The molecule has 35 valence electrons. The second-order valence-corrected chi connectivity index (χ2v) is 1.94. The van der Waals surface area contributed by atoms with Crippen molar-refractivity contribution < 1.29 is 9.84 Å². The predicted molar refractivity (Wildman–Crippen MR) is 19.9 cm³/mol. The van der Waals surface area contributed by atoms with Crippen LogP contribution < -0.4 is 0 Å². The number of ether oxygens (including phenoxy) is 1. The Morgan fingerprint density at radius 2 is 2.00 bits per heavy atom. The lowest BCUT2D eigenvalue weighted by Gasteiger charge is -2.29. The maximum absolute atomic E-state index is 10.4. The molecule has 1 aliphatic heterocycles. The van der Waals surface area contributed by atoms with Gasteiger partial charge in [0.2, 0.25) is 0 Å². The molecule has 0 aromatic heterocycles. The largest absolute Gasteiger partial charge is 0.375 e. The van der Waals surface area contributed by atoms with Gasteiger partial charge in [0.05, 0.1) is 13.2 Å². The average Bonchev–Trinajstić information content (AvgIpc) is 1.32. The van der Waals surface area contributed by atoms with E-state index in [-0.39, 0.29) is 0 Å². The molecule has 0 atom stereocenters. The molecule has 2 nitrogen and oxygen atoms in total. The summed E-state index contributed by atoms with van der Waals surface area (Å²) in [6.45, 7) is 2.44. The zero-order valence-electron chi connectivity index (χ0n) is 3.73. The maximum Gasteiger partial charge on any atom is 0.147 e. The molecule has 2 heteroatoms. The van der Waals surface area contributed by atoms with Crippen LogP contribution in [0, 0.1) is 0 Å². The fourth-order valence-corrected chi connectivity index (χ4v) is 0.390. The highest BCUT2D eigenvalue weighted by atomic mass is 16.5. The predicted octanol–water partition coefficient (Wildman–Crippen LogP) is 0.206. The first-order valence-corrected chi connectivity index (χ1v) is 1.99. The molecule has 0 saturated carbocycles. The van der Waals surface area contributed by atoms with Crippen molar-refractivity contribution in [2.24, 2.45) is 0 Å². The Labute approximate surface area is 36.7 Å². The lowest BCUT2D eigenvalue weighted by atomic mass is 10.1. The van der Waals surface area contributed by atoms with Crippen molar-refractivity contribution in [3.63, 3.8) is 0 Å². The van der Waals surface area contributed by atoms with Crippen LogP contribution in [0.3, 0.4) is 0 Å². The van der Waals surface area contributed by atoms with Gasteiger partial charge in [0.15, 0.2) is 0 Å². The fraction of sp³-hybridized carbons (Fsp3) is 1.00. The summed E-state index contributed by atoms with van der Waals surface area (Å²) in [5, 5.41) is 10.4. The van der Waals surface area contributed by atoms with Crippen LogP contribution in [-0.4, -0.2) is 18.8 Å². The Bertz CT molecular complexity index is 52.6. The summed E-state index contributed by atoms with van der Waals surface area (Å²) >= 11 is 0. The molecule has 1 radical (unpaired) electrons. The molecule has 0 N–H and O–H groups in total. The monoisotopic (exact) mass is 87.0 g/mol. The van der Waals surface area contributed by atoms with Gasteiger partial charge in [0.1, 0.15) is 5.60 Å². The van der Waals surface area contributed by atoms with Gasteiger partial charge in [-0.1, -0.05) is 0 Å². The summed E-state index contributed by atoms with van der Waals surface area (Å²) in [5.74, 6) is 0. The van der Waals surface area contributed by atoms with E-state index >= 15 is 0 Å². The van der Waals surface area contributed by atoms with E-state index in [1.54, 1.807) is 6.92 Å². The molecule has 0 aliphatic carbocycles. The topological polar surface area (TPSA) is 29.1 Å². The van der Waals surface area contributed by atoms with Gasteiger partial charge in [0.25, 0.3) is 0 Å². The first-order valence-electron chi connectivity index (χ1n) is 1.99. The molecule has 1 heterocycles. The standard InChI is InChI=1S/C4H7O2/c1-4(5)2-6-3-4/h2-3H2,1H3. The number of rotatable bonds is 0. The van der Waals surface area contributed by atoms with E-state index in [4.69, 9.17) is 0 Å². The zero-order chi connectivity index (χ0) is 4.62. The molecule has 1 fully saturated rings. The van der Waals surface area contributed by atoms with Crippen LogP contribution in [0.5, 0.6) is 0 Å². The highest BCUT2D eigenvalue weighted by molar-refractivity contribution is 4.77. The third-order valence-corrected chi connectivity index (χ3v) is 0.815. The van der Waals surface area contributed by atoms with Crippen molar-refractivity contribution in [1.29, 1.82) is 0 Å². The lowest BCUT2D eigenvalue weighted by Crippen LogP contribution is -2.45. The van der Waals surface area contributed by atoms with Crippen molar-refractivity contribution >= 4 is 0 Å². The summed E-state index contributed by atoms with van der Waals surface area (Å²) < 4.78 is 4.62. The Balaban J connectivity index is 2.31. The quantitative estimate of drug-likeness (QED) is 0.415. The minimum Gasteiger partial charge on any atom is -0.375 e. The minimum absolute atomic E-state index is 0.396. The van der Waals surface area contributed by atoms with Gasteiger partial charge >= 0.3 is 0 Å². The van der Waals surface area contributed by atoms with Crippen molar-refractivity contribution in [3.8, 4) is 0 Å². The van der Waals surface area contributed by atoms with E-state index < -0.39 is 5.60 Å². The highest BCUT2D eigenvalue weighted by Gasteiger charge is 2.31. The SMILES string of the molecule is CC1([O])COC1. The van der Waals surface area contributed by atoms with Crippen molar-refractivity contribution in [1.82, 2.24) is 0 Å². The van der Waals surface area contributed by atoms with Gasteiger partial charge in [-0.05, 0) is 6.92 Å². The van der Waals surface area contributed by atoms with E-state index in [1.807, 2.05) is 0 Å². The molecular formula is C4H7O2. The number of hydrogen-bond acceptors (Lipinski definition) is 1. The van der Waals surface area contributed by atoms with Crippen LogP contribution in [0.25, 0.3) is 0 Å². The summed E-state index contributed by atoms with van der Waals surface area (Å²) in [4.78, 5) is 0. The van der Waals surface area contributed by atoms with Crippen LogP contribution in [0.15, 0.2) is 0 Å². The molecule has 0 amide bonds. The molecule has 0 aromatic carbocycles. The van der Waals surface area contributed by atoms with Gasteiger partial charge in [-0.3, -0.25) is 0 Å². The summed E-state index contributed by atoms with van der Waals surface area (Å²) in [7, 11) is 0. The first kappa shape index (κ1) is 4.09. The van der Waals surface area contributed by atoms with Crippen molar-refractivity contribution in [2.75, 3.05) is 13.2 Å². The van der Waals surface area contributed by atoms with Crippen LogP contribution >= 0.6 is 0 Å². The minimum atomic E-state index is -0.750. The van der Waals surface area contributed by atoms with E-state index in [0.717, 1.165) is 0 Å². The smallest absolute Gasteiger partial charge is 0.147 e. The van der Waals surface area contributed by atoms with Gasteiger partial charge in [0, 0.05) is 0 Å². The Morgan fingerprint density at radius 3 is 2.00 bits per heavy atom. The van der Waals surface area contributed by atoms with Crippen LogP contribution in [0.1, 0.15) is 6.92 Å². The third kappa shape index (κ3) is 0.533. The van der Waals surface area contributed by atoms with Crippen LogP contribution in [0.2, 0.25) is 0 Å². The van der Waals surface area contributed by atoms with E-state index in [0.29, 0.717) is 13.2 Å². The van der Waals surface area contributed by atoms with Gasteiger partial charge in [-0.25, -0.2) is 5.11 Å². The molecule has 0 spiro atoms. The van der Waals surface area contributed by atoms with E-state index in [9.17, 15) is 5.11 Å². The zero-order valence-corrected chi connectivity index (χ0v) is 3.73. The van der Waals surface area contributed by atoms with Gasteiger partial charge < -0.3 is 4.74 Å². The maximum atomic E-state index is 10.4. The fourth-order valence-electron chi connectivity index (χ4n) is 0.390. The van der Waals surface area contributed by atoms with E-state index in [2.05, 4.69) is 4.74 Å². The second kappa shape index (κ2) is 0.950. The summed E-state index contributed by atoms with van der Waals surface area (Å²) in [5.41, 5.74) is -0.750. The first-order chi connectivity index (χ1) is 2.71. The Morgan fingerprint density at radius 1 is 1.67 bits per heavy atom. The second-order valence-electron chi connectivity index (χ2n) is 1.94. The van der Waals surface area contributed by atoms with Gasteiger partial charge in [-0.15, -0.1) is 0 Å². The molecular weight excluding hydrogens is 80.0 g/mol. The summed E-state index contributed by atoms with van der Waals surface area (Å²) in [6.07, 6.45) is 0. The highest BCUT2D eigenvalue weighted by Crippen LogP contribution is 2.14. The van der Waals surface area contributed by atoms with Crippen molar-refractivity contribution in [2.45, 2.75) is 12.5 Å². The van der Waals surface area contributed by atoms with Crippen LogP contribution in [0.4, 0.5) is 0 Å². The molecule has 6 heavy (non-hydrogen) atoms. The van der Waals surface area contributed by atoms with Crippen LogP contribution in [-0.2, 0) is 9.84 Å². The molecule has 1 saturated heterocycles. The number of hydrogen-bond donors (Lipinski definition) is 0. The van der Waals surface area contributed by atoms with E-state index in [1.165, 1.54) is 0 Å². The molecule has 1 aliphatic rings. The molecule has 0 unspecified atom stereocenters.